The Balaban J connectivity index is 2.91. The van der Waals surface area contributed by atoms with Gasteiger partial charge in [-0.25, -0.2) is 0 Å². The second-order valence-corrected chi connectivity index (χ2v) is 3.82. The molecule has 0 aliphatic carbocycles. The molecule has 0 aromatic rings. The Morgan fingerprint density at radius 1 is 1.08 bits per heavy atom. The molecule has 0 aromatic carbocycles. The van der Waals surface area contributed by atoms with Crippen LogP contribution in [0.5, 0.6) is 0 Å². The van der Waals surface area contributed by atoms with Crippen LogP contribution in [-0.4, -0.2) is 19.1 Å². The summed E-state index contributed by atoms with van der Waals surface area (Å²) in [5.41, 5.74) is 5.41. The first-order chi connectivity index (χ1) is 6.31. The highest BCUT2D eigenvalue weighted by Crippen LogP contribution is 2.01. The molecular weight excluding hydrogens is 160 g/mol. The summed E-state index contributed by atoms with van der Waals surface area (Å²) in [6.07, 6.45) is 7.74. The van der Waals surface area contributed by atoms with Gasteiger partial charge < -0.3 is 11.1 Å². The highest BCUT2D eigenvalue weighted by molar-refractivity contribution is 4.57. The van der Waals surface area contributed by atoms with E-state index in [1.54, 1.807) is 0 Å². The van der Waals surface area contributed by atoms with Gasteiger partial charge in [-0.1, -0.05) is 26.2 Å². The standard InChI is InChI=1S/C11H26N2/c1-3-11(2)13-10-8-6-4-5-7-9-12/h11,13H,3-10,12H2,1-2H3. The lowest BCUT2D eigenvalue weighted by Gasteiger charge is -2.10. The number of rotatable bonds is 9. The smallest absolute Gasteiger partial charge is 0.00360 e. The van der Waals surface area contributed by atoms with Crippen LogP contribution in [0.2, 0.25) is 0 Å². The Morgan fingerprint density at radius 2 is 1.69 bits per heavy atom. The van der Waals surface area contributed by atoms with E-state index in [1.807, 2.05) is 0 Å². The molecule has 0 fully saturated rings. The molecular formula is C11H26N2. The first-order valence-electron chi connectivity index (χ1n) is 5.74. The Bertz CT molecular complexity index is 94.1. The van der Waals surface area contributed by atoms with Gasteiger partial charge in [-0.05, 0) is 39.3 Å². The van der Waals surface area contributed by atoms with Crippen LogP contribution in [-0.2, 0) is 0 Å². The summed E-state index contributed by atoms with van der Waals surface area (Å²) < 4.78 is 0. The van der Waals surface area contributed by atoms with Crippen LogP contribution < -0.4 is 11.1 Å². The summed E-state index contributed by atoms with van der Waals surface area (Å²) in [7, 11) is 0. The zero-order chi connectivity index (χ0) is 9.94. The molecule has 0 aliphatic rings. The molecule has 0 radical (unpaired) electrons. The highest BCUT2D eigenvalue weighted by atomic mass is 14.9. The normalized spacial score (nSPS) is 13.2. The summed E-state index contributed by atoms with van der Waals surface area (Å²) in [6.45, 7) is 6.50. The summed E-state index contributed by atoms with van der Waals surface area (Å²) >= 11 is 0. The molecule has 0 saturated heterocycles. The minimum Gasteiger partial charge on any atom is -0.330 e. The van der Waals surface area contributed by atoms with Gasteiger partial charge in [-0.15, -0.1) is 0 Å². The van der Waals surface area contributed by atoms with E-state index < -0.39 is 0 Å². The minimum atomic E-state index is 0.684. The third-order valence-electron chi connectivity index (χ3n) is 2.49. The highest BCUT2D eigenvalue weighted by Gasteiger charge is 1.95. The zero-order valence-corrected chi connectivity index (χ0v) is 9.31. The maximum atomic E-state index is 5.41. The van der Waals surface area contributed by atoms with Crippen molar-refractivity contribution in [2.45, 2.75) is 58.4 Å². The van der Waals surface area contributed by atoms with Crippen molar-refractivity contribution in [2.24, 2.45) is 5.73 Å². The van der Waals surface area contributed by atoms with E-state index in [-0.39, 0.29) is 0 Å². The molecule has 0 spiro atoms. The molecule has 0 bridgehead atoms. The summed E-state index contributed by atoms with van der Waals surface area (Å²) in [5, 5.41) is 3.50. The third-order valence-corrected chi connectivity index (χ3v) is 2.49. The second kappa shape index (κ2) is 10.0. The molecule has 0 rings (SSSR count). The van der Waals surface area contributed by atoms with E-state index in [1.165, 1.54) is 45.1 Å². The Morgan fingerprint density at radius 3 is 2.31 bits per heavy atom. The lowest BCUT2D eigenvalue weighted by atomic mass is 10.1. The predicted molar refractivity (Wildman–Crippen MR) is 59.9 cm³/mol. The van der Waals surface area contributed by atoms with Gasteiger partial charge in [0.15, 0.2) is 0 Å². The van der Waals surface area contributed by atoms with Crippen molar-refractivity contribution in [3.8, 4) is 0 Å². The number of nitrogens with one attached hydrogen (secondary N) is 1. The maximum Gasteiger partial charge on any atom is 0.00360 e. The van der Waals surface area contributed by atoms with Crippen LogP contribution >= 0.6 is 0 Å². The molecule has 2 heteroatoms. The second-order valence-electron chi connectivity index (χ2n) is 3.82. The Labute approximate surface area is 83.3 Å². The van der Waals surface area contributed by atoms with Gasteiger partial charge in [0.25, 0.3) is 0 Å². The van der Waals surface area contributed by atoms with Gasteiger partial charge in [0, 0.05) is 6.04 Å². The van der Waals surface area contributed by atoms with Crippen LogP contribution in [0.3, 0.4) is 0 Å². The van der Waals surface area contributed by atoms with Crippen molar-refractivity contribution < 1.29 is 0 Å². The lowest BCUT2D eigenvalue weighted by molar-refractivity contribution is 0.505. The van der Waals surface area contributed by atoms with Crippen molar-refractivity contribution in [1.29, 1.82) is 0 Å². The number of unbranched alkanes of at least 4 members (excludes halogenated alkanes) is 4. The van der Waals surface area contributed by atoms with E-state index in [2.05, 4.69) is 19.2 Å². The van der Waals surface area contributed by atoms with Gasteiger partial charge in [0.1, 0.15) is 0 Å². The fourth-order valence-electron chi connectivity index (χ4n) is 1.29. The first kappa shape index (κ1) is 12.9. The van der Waals surface area contributed by atoms with Crippen molar-refractivity contribution >= 4 is 0 Å². The number of nitrogens with two attached hydrogens (primary N) is 1. The monoisotopic (exact) mass is 186 g/mol. The van der Waals surface area contributed by atoms with Gasteiger partial charge >= 0.3 is 0 Å². The van der Waals surface area contributed by atoms with Crippen LogP contribution in [0.15, 0.2) is 0 Å². The molecule has 3 N–H and O–H groups in total. The summed E-state index contributed by atoms with van der Waals surface area (Å²) in [5.74, 6) is 0. The van der Waals surface area contributed by atoms with Gasteiger partial charge in [0.2, 0.25) is 0 Å². The molecule has 0 saturated carbocycles. The average Bonchev–Trinajstić information content (AvgIpc) is 2.16. The predicted octanol–water partition coefficient (Wildman–Crippen LogP) is 2.28. The summed E-state index contributed by atoms with van der Waals surface area (Å²) in [4.78, 5) is 0. The number of hydrogen-bond donors (Lipinski definition) is 2. The first-order valence-corrected chi connectivity index (χ1v) is 5.74. The SMILES string of the molecule is CCC(C)NCCCCCCCN. The van der Waals surface area contributed by atoms with Gasteiger partial charge in [-0.2, -0.15) is 0 Å². The molecule has 1 unspecified atom stereocenters. The Hall–Kier alpha value is -0.0800. The fourth-order valence-corrected chi connectivity index (χ4v) is 1.29. The molecule has 0 aromatic heterocycles. The van der Waals surface area contributed by atoms with Crippen LogP contribution in [0.4, 0.5) is 0 Å². The zero-order valence-electron chi connectivity index (χ0n) is 9.31. The molecule has 2 nitrogen and oxygen atoms in total. The molecule has 0 amide bonds. The van der Waals surface area contributed by atoms with Crippen molar-refractivity contribution in [2.75, 3.05) is 13.1 Å². The minimum absolute atomic E-state index is 0.684. The molecule has 0 aliphatic heterocycles. The molecule has 0 heterocycles. The molecule has 80 valence electrons. The average molecular weight is 186 g/mol. The quantitative estimate of drug-likeness (QED) is 0.542. The van der Waals surface area contributed by atoms with Crippen molar-refractivity contribution in [1.82, 2.24) is 5.32 Å². The molecule has 1 atom stereocenters. The topological polar surface area (TPSA) is 38.0 Å². The van der Waals surface area contributed by atoms with E-state index in [0.29, 0.717) is 6.04 Å². The third kappa shape index (κ3) is 9.84. The van der Waals surface area contributed by atoms with E-state index in [0.717, 1.165) is 6.54 Å². The van der Waals surface area contributed by atoms with Gasteiger partial charge in [-0.3, -0.25) is 0 Å². The molecule has 13 heavy (non-hydrogen) atoms. The maximum absolute atomic E-state index is 5.41. The van der Waals surface area contributed by atoms with E-state index in [4.69, 9.17) is 5.73 Å². The van der Waals surface area contributed by atoms with Crippen molar-refractivity contribution in [3.05, 3.63) is 0 Å². The van der Waals surface area contributed by atoms with E-state index in [9.17, 15) is 0 Å². The lowest BCUT2D eigenvalue weighted by Crippen LogP contribution is -2.25. The van der Waals surface area contributed by atoms with Gasteiger partial charge in [0.05, 0.1) is 0 Å². The Kier molecular flexibility index (Phi) is 9.94. The number of hydrogen-bond acceptors (Lipinski definition) is 2. The van der Waals surface area contributed by atoms with Crippen LogP contribution in [0.1, 0.15) is 52.4 Å². The van der Waals surface area contributed by atoms with Crippen LogP contribution in [0.25, 0.3) is 0 Å². The van der Waals surface area contributed by atoms with E-state index >= 15 is 0 Å². The fraction of sp³-hybridized carbons (Fsp3) is 1.00. The summed E-state index contributed by atoms with van der Waals surface area (Å²) in [6, 6.07) is 0.684. The van der Waals surface area contributed by atoms with Crippen molar-refractivity contribution in [3.63, 3.8) is 0 Å². The largest absolute Gasteiger partial charge is 0.330 e. The van der Waals surface area contributed by atoms with Crippen LogP contribution in [0, 0.1) is 0 Å².